The lowest BCUT2D eigenvalue weighted by atomic mass is 9.76. The fraction of sp³-hybridized carbons (Fsp3) is 0.706. The van der Waals surface area contributed by atoms with E-state index in [1.807, 2.05) is 0 Å². The van der Waals surface area contributed by atoms with Gasteiger partial charge in [-0.3, -0.25) is 4.68 Å². The Balaban J connectivity index is 1.68. The standard InChI is InChI=1S/C17H25ClN2/c1-17(2)11-13(9-14(18)12-17)10-15-7-8-20(19-15)16-5-3-4-6-16/h7-9,14,16H,3-6,10-12H2,1-2H3. The van der Waals surface area contributed by atoms with Crippen LogP contribution in [-0.2, 0) is 6.42 Å². The zero-order valence-corrected chi connectivity index (χ0v) is 13.4. The van der Waals surface area contributed by atoms with E-state index in [1.54, 1.807) is 0 Å². The van der Waals surface area contributed by atoms with Gasteiger partial charge in [0.05, 0.1) is 17.1 Å². The number of hydrogen-bond acceptors (Lipinski definition) is 1. The molecule has 1 fully saturated rings. The fourth-order valence-corrected chi connectivity index (χ4v) is 4.38. The largest absolute Gasteiger partial charge is 0.269 e. The average Bonchev–Trinajstić information content (AvgIpc) is 2.94. The van der Waals surface area contributed by atoms with Crippen molar-refractivity contribution in [2.24, 2.45) is 5.41 Å². The van der Waals surface area contributed by atoms with Crippen molar-refractivity contribution < 1.29 is 0 Å². The molecule has 1 saturated carbocycles. The maximum Gasteiger partial charge on any atom is 0.0665 e. The normalized spacial score (nSPS) is 26.8. The van der Waals surface area contributed by atoms with E-state index in [1.165, 1.54) is 37.0 Å². The molecule has 0 aliphatic heterocycles. The molecule has 1 aromatic rings. The molecule has 1 aromatic heterocycles. The quantitative estimate of drug-likeness (QED) is 0.572. The Labute approximate surface area is 127 Å². The number of rotatable bonds is 3. The maximum atomic E-state index is 6.37. The number of nitrogens with zero attached hydrogens (tertiary/aromatic N) is 2. The first-order valence-electron chi connectivity index (χ1n) is 7.89. The van der Waals surface area contributed by atoms with Gasteiger partial charge in [-0.2, -0.15) is 5.10 Å². The van der Waals surface area contributed by atoms with Crippen molar-refractivity contribution in [3.63, 3.8) is 0 Å². The van der Waals surface area contributed by atoms with E-state index in [9.17, 15) is 0 Å². The third-order valence-corrected chi connectivity index (χ3v) is 4.92. The van der Waals surface area contributed by atoms with Gasteiger partial charge in [0.2, 0.25) is 0 Å². The molecule has 2 aliphatic carbocycles. The minimum absolute atomic E-state index is 0.186. The molecule has 1 heterocycles. The predicted molar refractivity (Wildman–Crippen MR) is 84.2 cm³/mol. The van der Waals surface area contributed by atoms with Crippen molar-refractivity contribution in [2.45, 2.75) is 70.2 Å². The first kappa shape index (κ1) is 14.2. The lowest BCUT2D eigenvalue weighted by Crippen LogP contribution is -2.23. The number of aromatic nitrogens is 2. The van der Waals surface area contributed by atoms with Crippen LogP contribution in [0.25, 0.3) is 0 Å². The van der Waals surface area contributed by atoms with Crippen molar-refractivity contribution in [3.05, 3.63) is 29.6 Å². The highest BCUT2D eigenvalue weighted by Gasteiger charge is 2.28. The molecule has 0 N–H and O–H groups in total. The Hall–Kier alpha value is -0.760. The summed E-state index contributed by atoms with van der Waals surface area (Å²) in [6.07, 6.45) is 12.9. The summed E-state index contributed by atoms with van der Waals surface area (Å²) >= 11 is 6.37. The van der Waals surface area contributed by atoms with Gasteiger partial charge in [0.15, 0.2) is 0 Å². The summed E-state index contributed by atoms with van der Waals surface area (Å²) in [5.41, 5.74) is 2.98. The van der Waals surface area contributed by atoms with Crippen molar-refractivity contribution in [2.75, 3.05) is 0 Å². The molecular weight excluding hydrogens is 268 g/mol. The Morgan fingerprint density at radius 3 is 2.80 bits per heavy atom. The third kappa shape index (κ3) is 3.28. The molecule has 0 spiro atoms. The molecule has 0 bridgehead atoms. The van der Waals surface area contributed by atoms with Crippen LogP contribution in [0.15, 0.2) is 23.9 Å². The SMILES string of the molecule is CC1(C)CC(Cc2ccn(C3CCCC3)n2)=CC(Cl)C1. The molecule has 1 atom stereocenters. The van der Waals surface area contributed by atoms with Crippen molar-refractivity contribution in [1.29, 1.82) is 0 Å². The highest BCUT2D eigenvalue weighted by molar-refractivity contribution is 6.21. The summed E-state index contributed by atoms with van der Waals surface area (Å²) in [5, 5.41) is 4.98. The molecule has 2 nitrogen and oxygen atoms in total. The topological polar surface area (TPSA) is 17.8 Å². The van der Waals surface area contributed by atoms with Gasteiger partial charge in [0, 0.05) is 12.6 Å². The summed E-state index contributed by atoms with van der Waals surface area (Å²) in [6, 6.07) is 2.82. The lowest BCUT2D eigenvalue weighted by Gasteiger charge is -2.32. The van der Waals surface area contributed by atoms with Gasteiger partial charge in [0.1, 0.15) is 0 Å². The zero-order valence-electron chi connectivity index (χ0n) is 12.6. The highest BCUT2D eigenvalue weighted by atomic mass is 35.5. The average molecular weight is 293 g/mol. The van der Waals surface area contributed by atoms with Crippen LogP contribution in [0.4, 0.5) is 0 Å². The van der Waals surface area contributed by atoms with Crippen LogP contribution >= 0.6 is 11.6 Å². The molecule has 0 aromatic carbocycles. The molecule has 110 valence electrons. The highest BCUT2D eigenvalue weighted by Crippen LogP contribution is 2.38. The Kier molecular flexibility index (Phi) is 3.94. The summed E-state index contributed by atoms with van der Waals surface area (Å²) < 4.78 is 2.19. The number of hydrogen-bond donors (Lipinski definition) is 0. The third-order valence-electron chi connectivity index (χ3n) is 4.64. The Bertz CT molecular complexity index is 495. The van der Waals surface area contributed by atoms with E-state index in [2.05, 4.69) is 36.9 Å². The second kappa shape index (κ2) is 5.55. The van der Waals surface area contributed by atoms with Crippen LogP contribution in [-0.4, -0.2) is 15.2 Å². The van der Waals surface area contributed by atoms with Crippen molar-refractivity contribution >= 4 is 11.6 Å². The summed E-state index contributed by atoms with van der Waals surface area (Å²) in [7, 11) is 0. The van der Waals surface area contributed by atoms with E-state index in [0.29, 0.717) is 11.5 Å². The van der Waals surface area contributed by atoms with Crippen LogP contribution in [0.5, 0.6) is 0 Å². The second-order valence-electron chi connectivity index (χ2n) is 7.29. The van der Waals surface area contributed by atoms with Crippen LogP contribution in [0.1, 0.15) is 64.1 Å². The second-order valence-corrected chi connectivity index (χ2v) is 7.85. The smallest absolute Gasteiger partial charge is 0.0665 e. The van der Waals surface area contributed by atoms with E-state index in [0.717, 1.165) is 19.3 Å². The molecular formula is C17H25ClN2. The van der Waals surface area contributed by atoms with E-state index < -0.39 is 0 Å². The molecule has 1 unspecified atom stereocenters. The molecule has 3 rings (SSSR count). The fourth-order valence-electron chi connectivity index (χ4n) is 3.79. The van der Waals surface area contributed by atoms with E-state index in [4.69, 9.17) is 16.7 Å². The number of halogens is 1. The summed E-state index contributed by atoms with van der Waals surface area (Å²) in [5.74, 6) is 0. The Morgan fingerprint density at radius 2 is 2.10 bits per heavy atom. The van der Waals surface area contributed by atoms with E-state index >= 15 is 0 Å². The molecule has 0 radical (unpaired) electrons. The van der Waals surface area contributed by atoms with Crippen LogP contribution in [0, 0.1) is 5.41 Å². The first-order valence-corrected chi connectivity index (χ1v) is 8.33. The van der Waals surface area contributed by atoms with Crippen LogP contribution in [0.2, 0.25) is 0 Å². The minimum Gasteiger partial charge on any atom is -0.269 e. The van der Waals surface area contributed by atoms with Gasteiger partial charge in [-0.25, -0.2) is 0 Å². The van der Waals surface area contributed by atoms with Gasteiger partial charge in [0.25, 0.3) is 0 Å². The molecule has 3 heteroatoms. The monoisotopic (exact) mass is 292 g/mol. The van der Waals surface area contributed by atoms with Gasteiger partial charge in [-0.15, -0.1) is 11.6 Å². The van der Waals surface area contributed by atoms with Crippen LogP contribution < -0.4 is 0 Å². The van der Waals surface area contributed by atoms with Gasteiger partial charge in [-0.1, -0.05) is 38.3 Å². The predicted octanol–water partition coefficient (Wildman–Crippen LogP) is 4.89. The Morgan fingerprint density at radius 1 is 1.35 bits per heavy atom. The van der Waals surface area contributed by atoms with Gasteiger partial charge < -0.3 is 0 Å². The van der Waals surface area contributed by atoms with Crippen LogP contribution in [0.3, 0.4) is 0 Å². The molecule has 0 amide bonds. The molecule has 0 saturated heterocycles. The number of alkyl halides is 1. The first-order chi connectivity index (χ1) is 9.52. The lowest BCUT2D eigenvalue weighted by molar-refractivity contribution is 0.320. The van der Waals surface area contributed by atoms with E-state index in [-0.39, 0.29) is 5.38 Å². The molecule has 20 heavy (non-hydrogen) atoms. The maximum absolute atomic E-state index is 6.37. The van der Waals surface area contributed by atoms with Gasteiger partial charge in [-0.05, 0) is 37.2 Å². The van der Waals surface area contributed by atoms with Crippen molar-refractivity contribution in [3.8, 4) is 0 Å². The summed E-state index contributed by atoms with van der Waals surface area (Å²) in [6.45, 7) is 4.62. The number of allylic oxidation sites excluding steroid dienone is 2. The molecule has 2 aliphatic rings. The van der Waals surface area contributed by atoms with Gasteiger partial charge >= 0.3 is 0 Å². The zero-order chi connectivity index (χ0) is 14.2. The summed E-state index contributed by atoms with van der Waals surface area (Å²) in [4.78, 5) is 0. The minimum atomic E-state index is 0.186. The van der Waals surface area contributed by atoms with Crippen molar-refractivity contribution in [1.82, 2.24) is 9.78 Å².